The van der Waals surface area contributed by atoms with Gasteiger partial charge in [0.1, 0.15) is 6.54 Å². The molecule has 0 bridgehead atoms. The van der Waals surface area contributed by atoms with Crippen LogP contribution in [-0.4, -0.2) is 40.3 Å². The predicted octanol–water partition coefficient (Wildman–Crippen LogP) is 4.97. The van der Waals surface area contributed by atoms with Crippen LogP contribution in [0.2, 0.25) is 0 Å². The highest BCUT2D eigenvalue weighted by Crippen LogP contribution is 2.33. The Balaban J connectivity index is 1.63. The number of amidine groups is 1. The second-order valence-corrected chi connectivity index (χ2v) is 9.42. The quantitative estimate of drug-likeness (QED) is 0.360. The Hall–Kier alpha value is -3.85. The molecule has 1 aromatic heterocycles. The van der Waals surface area contributed by atoms with Crippen LogP contribution in [0.25, 0.3) is 17.0 Å². The summed E-state index contributed by atoms with van der Waals surface area (Å²) in [4.78, 5) is 42.1. The number of rotatable bonds is 7. The third-order valence-corrected chi connectivity index (χ3v) is 6.36. The van der Waals surface area contributed by atoms with E-state index in [1.54, 1.807) is 45.0 Å². The second kappa shape index (κ2) is 10.8. The molecule has 1 N–H and O–H groups in total. The van der Waals surface area contributed by atoms with Gasteiger partial charge in [0.2, 0.25) is 0 Å². The highest BCUT2D eigenvalue weighted by molar-refractivity contribution is 8.18. The lowest BCUT2D eigenvalue weighted by Gasteiger charge is -2.08. The Labute approximate surface area is 213 Å². The van der Waals surface area contributed by atoms with Crippen molar-refractivity contribution < 1.29 is 23.9 Å². The molecule has 0 radical (unpaired) electrons. The van der Waals surface area contributed by atoms with Gasteiger partial charge in [0, 0.05) is 22.2 Å². The molecular weight excluding hydrogens is 478 g/mol. The van der Waals surface area contributed by atoms with Gasteiger partial charge in [0.25, 0.3) is 5.91 Å². The van der Waals surface area contributed by atoms with Crippen LogP contribution >= 0.6 is 11.8 Å². The number of esters is 2. The summed E-state index contributed by atoms with van der Waals surface area (Å²) >= 11 is 1.22. The number of para-hydroxylation sites is 1. The maximum atomic E-state index is 12.8. The van der Waals surface area contributed by atoms with Gasteiger partial charge in [-0.1, -0.05) is 24.3 Å². The first-order valence-corrected chi connectivity index (χ1v) is 12.4. The van der Waals surface area contributed by atoms with Gasteiger partial charge in [-0.15, -0.1) is 0 Å². The SMILES string of the molecule is CCOC(=O)Cn1c(C)c(/C=C2\SC(=Nc3cccc(C(=O)OC(C)C)c3)NC2=O)c2ccccc21. The van der Waals surface area contributed by atoms with Crippen molar-refractivity contribution in [3.63, 3.8) is 0 Å². The van der Waals surface area contributed by atoms with Crippen LogP contribution in [0.1, 0.15) is 42.4 Å². The number of ether oxygens (including phenoxy) is 2. The molecule has 8 nitrogen and oxygen atoms in total. The molecule has 2 heterocycles. The zero-order chi connectivity index (χ0) is 25.8. The van der Waals surface area contributed by atoms with Crippen molar-refractivity contribution in [2.45, 2.75) is 40.3 Å². The number of carbonyl (C=O) groups excluding carboxylic acids is 3. The summed E-state index contributed by atoms with van der Waals surface area (Å²) < 4.78 is 12.3. The van der Waals surface area contributed by atoms with Crippen molar-refractivity contribution in [1.29, 1.82) is 0 Å². The molecule has 0 aliphatic carbocycles. The zero-order valence-corrected chi connectivity index (χ0v) is 21.3. The van der Waals surface area contributed by atoms with Gasteiger partial charge in [-0.05, 0) is 69.8 Å². The van der Waals surface area contributed by atoms with Crippen molar-refractivity contribution in [2.24, 2.45) is 4.99 Å². The molecule has 1 amide bonds. The number of nitrogens with one attached hydrogen (secondary N) is 1. The molecule has 9 heteroatoms. The predicted molar refractivity (Wildman–Crippen MR) is 141 cm³/mol. The Kier molecular flexibility index (Phi) is 7.59. The lowest BCUT2D eigenvalue weighted by Crippen LogP contribution is -2.19. The topological polar surface area (TPSA) is 99.0 Å². The highest BCUT2D eigenvalue weighted by Gasteiger charge is 2.25. The maximum absolute atomic E-state index is 12.8. The van der Waals surface area contributed by atoms with E-state index in [9.17, 15) is 14.4 Å². The fourth-order valence-corrected chi connectivity index (χ4v) is 4.72. The Morgan fingerprint density at radius 1 is 1.17 bits per heavy atom. The van der Waals surface area contributed by atoms with Gasteiger partial charge in [0.15, 0.2) is 5.17 Å². The number of carbonyl (C=O) groups is 3. The van der Waals surface area contributed by atoms with E-state index < -0.39 is 5.97 Å². The van der Waals surface area contributed by atoms with E-state index in [0.717, 1.165) is 22.2 Å². The highest BCUT2D eigenvalue weighted by atomic mass is 32.2. The molecule has 1 aliphatic rings. The third kappa shape index (κ3) is 5.52. The summed E-state index contributed by atoms with van der Waals surface area (Å²) in [5.74, 6) is -1.01. The molecule has 186 valence electrons. The molecule has 0 saturated carbocycles. The zero-order valence-electron chi connectivity index (χ0n) is 20.5. The summed E-state index contributed by atoms with van der Waals surface area (Å²) in [6.45, 7) is 7.67. The van der Waals surface area contributed by atoms with Gasteiger partial charge >= 0.3 is 11.9 Å². The van der Waals surface area contributed by atoms with E-state index in [4.69, 9.17) is 9.47 Å². The standard InChI is InChI=1S/C27H27N3O5S/c1-5-34-24(31)15-30-17(4)21(20-11-6-7-12-22(20)30)14-23-25(32)29-27(36-23)28-19-10-8-9-18(13-19)26(33)35-16(2)3/h6-14,16H,5,15H2,1-4H3,(H,28,29,32)/b23-14-. The molecule has 0 atom stereocenters. The monoisotopic (exact) mass is 505 g/mol. The van der Waals surface area contributed by atoms with E-state index in [1.165, 1.54) is 11.8 Å². The molecule has 3 aromatic rings. The maximum Gasteiger partial charge on any atom is 0.338 e. The first-order chi connectivity index (χ1) is 17.3. The van der Waals surface area contributed by atoms with E-state index in [2.05, 4.69) is 10.3 Å². The normalized spacial score (nSPS) is 15.6. The molecule has 1 saturated heterocycles. The largest absolute Gasteiger partial charge is 0.465 e. The summed E-state index contributed by atoms with van der Waals surface area (Å²) in [7, 11) is 0. The van der Waals surface area contributed by atoms with Crippen molar-refractivity contribution in [3.05, 3.63) is 70.3 Å². The Bertz CT molecular complexity index is 1400. The number of hydrogen-bond acceptors (Lipinski definition) is 7. The Morgan fingerprint density at radius 2 is 1.94 bits per heavy atom. The van der Waals surface area contributed by atoms with Gasteiger partial charge < -0.3 is 19.4 Å². The summed E-state index contributed by atoms with van der Waals surface area (Å²) in [5, 5.41) is 4.13. The second-order valence-electron chi connectivity index (χ2n) is 8.39. The van der Waals surface area contributed by atoms with Crippen LogP contribution in [0.15, 0.2) is 58.4 Å². The summed E-state index contributed by atoms with van der Waals surface area (Å²) in [6, 6.07) is 14.5. The minimum atomic E-state index is -0.426. The van der Waals surface area contributed by atoms with Crippen molar-refractivity contribution in [1.82, 2.24) is 9.88 Å². The first-order valence-electron chi connectivity index (χ1n) is 11.6. The van der Waals surface area contributed by atoms with Crippen LogP contribution in [0.5, 0.6) is 0 Å². The molecular formula is C27H27N3O5S. The van der Waals surface area contributed by atoms with Crippen molar-refractivity contribution in [3.8, 4) is 0 Å². The fourth-order valence-electron chi connectivity index (χ4n) is 3.89. The Morgan fingerprint density at radius 3 is 2.69 bits per heavy atom. The van der Waals surface area contributed by atoms with Crippen molar-refractivity contribution >= 4 is 57.4 Å². The molecule has 1 aliphatic heterocycles. The number of benzene rings is 2. The molecule has 0 unspecified atom stereocenters. The van der Waals surface area contributed by atoms with Crippen molar-refractivity contribution in [2.75, 3.05) is 6.61 Å². The molecule has 0 spiro atoms. The van der Waals surface area contributed by atoms with Crippen LogP contribution in [0, 0.1) is 6.92 Å². The molecule has 2 aromatic carbocycles. The number of amides is 1. The smallest absolute Gasteiger partial charge is 0.338 e. The first kappa shape index (κ1) is 25.2. The third-order valence-electron chi connectivity index (χ3n) is 5.45. The van der Waals surface area contributed by atoms with Gasteiger partial charge in [-0.2, -0.15) is 0 Å². The van der Waals surface area contributed by atoms with Crippen LogP contribution in [-0.2, 0) is 25.6 Å². The molecule has 4 rings (SSSR count). The minimum absolute atomic E-state index is 0.0883. The van der Waals surface area contributed by atoms with Crippen LogP contribution in [0.4, 0.5) is 5.69 Å². The number of fused-ring (bicyclic) bond motifs is 1. The summed E-state index contributed by atoms with van der Waals surface area (Å²) in [6.07, 6.45) is 1.59. The summed E-state index contributed by atoms with van der Waals surface area (Å²) in [5.41, 5.74) is 3.51. The lowest BCUT2D eigenvalue weighted by atomic mass is 10.1. The lowest BCUT2D eigenvalue weighted by molar-refractivity contribution is -0.143. The van der Waals surface area contributed by atoms with E-state index in [-0.39, 0.29) is 24.5 Å². The average Bonchev–Trinajstić information content (AvgIpc) is 3.31. The number of thioether (sulfide) groups is 1. The number of aliphatic imine (C=N–C) groups is 1. The number of nitrogens with zero attached hydrogens (tertiary/aromatic N) is 2. The molecule has 1 fully saturated rings. The van der Waals surface area contributed by atoms with Crippen LogP contribution in [0.3, 0.4) is 0 Å². The van der Waals surface area contributed by atoms with Gasteiger partial charge in [-0.3, -0.25) is 9.59 Å². The number of hydrogen-bond donors (Lipinski definition) is 1. The number of aromatic nitrogens is 1. The fraction of sp³-hybridized carbons (Fsp3) is 0.259. The van der Waals surface area contributed by atoms with E-state index >= 15 is 0 Å². The minimum Gasteiger partial charge on any atom is -0.465 e. The van der Waals surface area contributed by atoms with E-state index in [0.29, 0.717) is 27.9 Å². The average molecular weight is 506 g/mol. The van der Waals surface area contributed by atoms with Gasteiger partial charge in [-0.25, -0.2) is 9.79 Å². The van der Waals surface area contributed by atoms with Gasteiger partial charge in [0.05, 0.1) is 28.9 Å². The molecule has 36 heavy (non-hydrogen) atoms. The van der Waals surface area contributed by atoms with Crippen LogP contribution < -0.4 is 5.32 Å². The van der Waals surface area contributed by atoms with E-state index in [1.807, 2.05) is 41.8 Å².